The number of carbonyl (C=O) groups excluding carboxylic acids is 1. The summed E-state index contributed by atoms with van der Waals surface area (Å²) in [5, 5.41) is 12.2. The first-order valence-corrected chi connectivity index (χ1v) is 7.77. The molecule has 7 nitrogen and oxygen atoms in total. The Bertz CT molecular complexity index is 576. The molecule has 1 aliphatic heterocycles. The van der Waals surface area contributed by atoms with E-state index < -0.39 is 23.7 Å². The lowest BCUT2D eigenvalue weighted by Gasteiger charge is -2.30. The zero-order valence-electron chi connectivity index (χ0n) is 14.1. The molecule has 0 aliphatic carbocycles. The maximum absolute atomic E-state index is 11.8. The van der Waals surface area contributed by atoms with Crippen molar-refractivity contribution in [3.8, 4) is 0 Å². The Hall–Kier alpha value is -2.18. The first-order chi connectivity index (χ1) is 10.7. The van der Waals surface area contributed by atoms with E-state index in [0.29, 0.717) is 19.4 Å². The van der Waals surface area contributed by atoms with Crippen molar-refractivity contribution in [2.75, 3.05) is 11.4 Å². The number of hydrogen-bond acceptors (Lipinski definition) is 4. The molecule has 2 N–H and O–H groups in total. The summed E-state index contributed by atoms with van der Waals surface area (Å²) in [5.74, 6) is -0.839. The number of aromatic nitrogens is 1. The van der Waals surface area contributed by atoms with Crippen molar-refractivity contribution >= 4 is 17.7 Å². The Morgan fingerprint density at radius 2 is 2.09 bits per heavy atom. The molecule has 0 unspecified atom stereocenters. The van der Waals surface area contributed by atoms with Crippen molar-refractivity contribution in [1.82, 2.24) is 9.88 Å². The van der Waals surface area contributed by atoms with Crippen molar-refractivity contribution in [2.45, 2.75) is 51.3 Å². The van der Waals surface area contributed by atoms with Gasteiger partial charge in [0.1, 0.15) is 11.6 Å². The fourth-order valence-corrected chi connectivity index (χ4v) is 2.87. The third-order valence-corrected chi connectivity index (χ3v) is 3.78. The number of carboxylic acid groups (broad SMARTS) is 1. The van der Waals surface area contributed by atoms with Crippen LogP contribution in [0, 0.1) is 0 Å². The van der Waals surface area contributed by atoms with Gasteiger partial charge in [0.05, 0.1) is 5.69 Å². The van der Waals surface area contributed by atoms with Crippen LogP contribution in [0.5, 0.6) is 0 Å². The molecule has 7 heteroatoms. The number of aryl methyl sites for hydroxylation is 1. The highest BCUT2D eigenvalue weighted by Gasteiger charge is 2.38. The minimum absolute atomic E-state index is 0.0639. The van der Waals surface area contributed by atoms with Crippen LogP contribution >= 0.6 is 0 Å². The fourth-order valence-electron chi connectivity index (χ4n) is 2.87. The van der Waals surface area contributed by atoms with Gasteiger partial charge < -0.3 is 24.6 Å². The molecule has 1 amide bonds. The molecule has 1 fully saturated rings. The van der Waals surface area contributed by atoms with E-state index in [4.69, 9.17) is 4.74 Å². The number of carbonyl (C=O) groups is 2. The molecule has 2 atom stereocenters. The van der Waals surface area contributed by atoms with E-state index in [2.05, 4.69) is 5.32 Å². The van der Waals surface area contributed by atoms with E-state index in [0.717, 1.165) is 5.69 Å². The molecule has 23 heavy (non-hydrogen) atoms. The predicted octanol–water partition coefficient (Wildman–Crippen LogP) is 1.97. The van der Waals surface area contributed by atoms with Crippen molar-refractivity contribution < 1.29 is 19.4 Å². The van der Waals surface area contributed by atoms with Gasteiger partial charge in [-0.05, 0) is 39.7 Å². The summed E-state index contributed by atoms with van der Waals surface area (Å²) >= 11 is 0. The molecule has 0 radical (unpaired) electrons. The van der Waals surface area contributed by atoms with Crippen LogP contribution < -0.4 is 10.2 Å². The molecule has 0 saturated carbocycles. The summed E-state index contributed by atoms with van der Waals surface area (Å²) in [4.78, 5) is 25.2. The Balaban J connectivity index is 2.05. The fraction of sp³-hybridized carbons (Fsp3) is 0.625. The molecule has 0 bridgehead atoms. The van der Waals surface area contributed by atoms with Gasteiger partial charge in [0.2, 0.25) is 0 Å². The third-order valence-electron chi connectivity index (χ3n) is 3.78. The summed E-state index contributed by atoms with van der Waals surface area (Å²) in [6.45, 7) is 5.77. The van der Waals surface area contributed by atoms with Crippen LogP contribution in [-0.2, 0) is 16.6 Å². The second-order valence-corrected chi connectivity index (χ2v) is 6.91. The number of anilines is 1. The standard InChI is InChI=1S/C16H25N3O4/c1-16(2,3)23-15(22)17-9-11-5-6-13(14(20)21)19(11)12-7-8-18(4)10-12/h7-8,10-11,13H,5-6,9H2,1-4H3,(H,17,22)(H,20,21)/t11-,13-/m1/s1. The van der Waals surface area contributed by atoms with Crippen LogP contribution in [0.25, 0.3) is 0 Å². The van der Waals surface area contributed by atoms with E-state index in [9.17, 15) is 14.7 Å². The van der Waals surface area contributed by atoms with Crippen molar-refractivity contribution in [3.63, 3.8) is 0 Å². The number of aliphatic carboxylic acids is 1. The number of hydrogen-bond donors (Lipinski definition) is 2. The summed E-state index contributed by atoms with van der Waals surface area (Å²) in [5.41, 5.74) is 0.302. The molecule has 0 spiro atoms. The highest BCUT2D eigenvalue weighted by atomic mass is 16.6. The number of ether oxygens (including phenoxy) is 1. The monoisotopic (exact) mass is 323 g/mol. The van der Waals surface area contributed by atoms with Gasteiger partial charge in [-0.1, -0.05) is 0 Å². The summed E-state index contributed by atoms with van der Waals surface area (Å²) in [6.07, 6.45) is 4.56. The van der Waals surface area contributed by atoms with Crippen molar-refractivity contribution in [2.24, 2.45) is 7.05 Å². The number of carboxylic acids is 1. The molecule has 0 aromatic carbocycles. The molecule has 1 aromatic heterocycles. The molecule has 128 valence electrons. The number of rotatable bonds is 4. The van der Waals surface area contributed by atoms with E-state index in [1.54, 1.807) is 20.8 Å². The highest BCUT2D eigenvalue weighted by Crippen LogP contribution is 2.30. The molecular formula is C16H25N3O4. The Morgan fingerprint density at radius 3 is 2.61 bits per heavy atom. The normalized spacial score (nSPS) is 21.3. The summed E-state index contributed by atoms with van der Waals surface area (Å²) < 4.78 is 7.11. The second-order valence-electron chi connectivity index (χ2n) is 6.91. The molecular weight excluding hydrogens is 298 g/mol. The quantitative estimate of drug-likeness (QED) is 0.885. The van der Waals surface area contributed by atoms with Crippen LogP contribution in [0.3, 0.4) is 0 Å². The average Bonchev–Trinajstić information content (AvgIpc) is 2.99. The van der Waals surface area contributed by atoms with Gasteiger partial charge in [0, 0.05) is 32.0 Å². The molecule has 1 aromatic rings. The minimum Gasteiger partial charge on any atom is -0.480 e. The van der Waals surface area contributed by atoms with E-state index in [-0.39, 0.29) is 6.04 Å². The SMILES string of the molecule is Cn1ccc(N2[C@@H](CNC(=O)OC(C)(C)C)CC[C@@H]2C(=O)O)c1. The lowest BCUT2D eigenvalue weighted by molar-refractivity contribution is -0.138. The number of nitrogens with zero attached hydrogens (tertiary/aromatic N) is 2. The molecule has 2 heterocycles. The van der Waals surface area contributed by atoms with E-state index in [1.807, 2.05) is 35.0 Å². The van der Waals surface area contributed by atoms with E-state index >= 15 is 0 Å². The maximum Gasteiger partial charge on any atom is 0.407 e. The third kappa shape index (κ3) is 4.40. The Morgan fingerprint density at radius 1 is 1.39 bits per heavy atom. The highest BCUT2D eigenvalue weighted by molar-refractivity contribution is 5.79. The Kier molecular flexibility index (Phi) is 4.87. The van der Waals surface area contributed by atoms with Crippen LogP contribution in [0.1, 0.15) is 33.6 Å². The van der Waals surface area contributed by atoms with Gasteiger partial charge in [-0.2, -0.15) is 0 Å². The van der Waals surface area contributed by atoms with Crippen LogP contribution in [0.4, 0.5) is 10.5 Å². The number of amides is 1. The largest absolute Gasteiger partial charge is 0.480 e. The van der Waals surface area contributed by atoms with Crippen molar-refractivity contribution in [1.29, 1.82) is 0 Å². The van der Waals surface area contributed by atoms with E-state index in [1.165, 1.54) is 0 Å². The second kappa shape index (κ2) is 6.52. The molecule has 1 saturated heterocycles. The smallest absolute Gasteiger partial charge is 0.407 e. The number of alkyl carbamates (subject to hydrolysis) is 1. The van der Waals surface area contributed by atoms with Crippen LogP contribution in [-0.4, -0.2) is 46.0 Å². The predicted molar refractivity (Wildman–Crippen MR) is 86.6 cm³/mol. The topological polar surface area (TPSA) is 83.8 Å². The molecule has 1 aliphatic rings. The van der Waals surface area contributed by atoms with Gasteiger partial charge in [-0.3, -0.25) is 0 Å². The zero-order valence-corrected chi connectivity index (χ0v) is 14.1. The van der Waals surface area contributed by atoms with Gasteiger partial charge in [-0.15, -0.1) is 0 Å². The lowest BCUT2D eigenvalue weighted by Crippen LogP contribution is -2.46. The van der Waals surface area contributed by atoms with Gasteiger partial charge >= 0.3 is 12.1 Å². The van der Waals surface area contributed by atoms with Crippen LogP contribution in [0.2, 0.25) is 0 Å². The number of nitrogens with one attached hydrogen (secondary N) is 1. The average molecular weight is 323 g/mol. The first kappa shape index (κ1) is 17.2. The Labute approximate surface area is 136 Å². The van der Waals surface area contributed by atoms with Gasteiger partial charge in [0.15, 0.2) is 0 Å². The first-order valence-electron chi connectivity index (χ1n) is 7.77. The lowest BCUT2D eigenvalue weighted by atomic mass is 10.2. The summed E-state index contributed by atoms with van der Waals surface area (Å²) in [7, 11) is 1.89. The van der Waals surface area contributed by atoms with Crippen molar-refractivity contribution in [3.05, 3.63) is 18.5 Å². The minimum atomic E-state index is -0.839. The van der Waals surface area contributed by atoms with Crippen LogP contribution in [0.15, 0.2) is 18.5 Å². The summed E-state index contributed by atoms with van der Waals surface area (Å²) in [6, 6.07) is 1.26. The zero-order chi connectivity index (χ0) is 17.2. The van der Waals surface area contributed by atoms with Gasteiger partial charge in [0.25, 0.3) is 0 Å². The molecule has 2 rings (SSSR count). The van der Waals surface area contributed by atoms with Gasteiger partial charge in [-0.25, -0.2) is 9.59 Å². The maximum atomic E-state index is 11.8.